The van der Waals surface area contributed by atoms with E-state index in [1.807, 2.05) is 6.07 Å². The van der Waals surface area contributed by atoms with Gasteiger partial charge in [0.25, 0.3) is 0 Å². The molecule has 0 aromatic heterocycles. The maximum atomic E-state index is 5.94. The van der Waals surface area contributed by atoms with E-state index in [1.165, 1.54) is 0 Å². The molecule has 4 heteroatoms. The lowest BCUT2D eigenvalue weighted by Crippen LogP contribution is -2.01. The third kappa shape index (κ3) is 3.52. The van der Waals surface area contributed by atoms with Crippen molar-refractivity contribution in [3.05, 3.63) is 39.8 Å². The molecule has 0 N–H and O–H groups in total. The molecule has 0 aliphatic heterocycles. The zero-order valence-electron chi connectivity index (χ0n) is 7.40. The van der Waals surface area contributed by atoms with Gasteiger partial charge in [0.1, 0.15) is 12.4 Å². The van der Waals surface area contributed by atoms with Crippen molar-refractivity contribution >= 4 is 39.1 Å². The quantitative estimate of drug-likeness (QED) is 0.595. The summed E-state index contributed by atoms with van der Waals surface area (Å²) >= 11 is 14.8. The van der Waals surface area contributed by atoms with Crippen LogP contribution in [0.4, 0.5) is 0 Å². The number of hydrogen-bond acceptors (Lipinski definition) is 1. The van der Waals surface area contributed by atoms with Gasteiger partial charge in [-0.1, -0.05) is 34.1 Å². The fraction of sp³-hybridized carbons (Fsp3) is 0.200. The van der Waals surface area contributed by atoms with E-state index < -0.39 is 0 Å². The summed E-state index contributed by atoms with van der Waals surface area (Å²) in [6.07, 6.45) is 0. The third-order valence-corrected chi connectivity index (χ3v) is 2.68. The molecule has 0 atom stereocenters. The Balaban J connectivity index is 2.63. The summed E-state index contributed by atoms with van der Waals surface area (Å²) in [5.74, 6) is 1.04. The second-order valence-corrected chi connectivity index (χ2v) is 4.34. The van der Waals surface area contributed by atoms with E-state index in [2.05, 4.69) is 22.5 Å². The molecule has 0 radical (unpaired) electrons. The molecule has 0 bridgehead atoms. The Bertz CT molecular complexity index is 339. The predicted molar refractivity (Wildman–Crippen MR) is 64.5 cm³/mol. The number of rotatable bonds is 4. The number of halogens is 3. The molecule has 0 amide bonds. The van der Waals surface area contributed by atoms with Crippen LogP contribution >= 0.6 is 39.1 Å². The molecule has 0 fully saturated rings. The molecule has 1 aromatic rings. The Morgan fingerprint density at radius 3 is 2.79 bits per heavy atom. The molecular formula is C10H9BrCl2O. The van der Waals surface area contributed by atoms with Gasteiger partial charge in [0.05, 0.1) is 5.02 Å². The lowest BCUT2D eigenvalue weighted by molar-refractivity contribution is 0.353. The van der Waals surface area contributed by atoms with Gasteiger partial charge in [0.15, 0.2) is 0 Å². The van der Waals surface area contributed by atoms with Crippen LogP contribution in [0.1, 0.15) is 0 Å². The summed E-state index contributed by atoms with van der Waals surface area (Å²) in [7, 11) is 0. The van der Waals surface area contributed by atoms with Gasteiger partial charge in [0.2, 0.25) is 0 Å². The molecule has 0 unspecified atom stereocenters. The van der Waals surface area contributed by atoms with Crippen LogP contribution in [0, 0.1) is 0 Å². The van der Waals surface area contributed by atoms with Crippen molar-refractivity contribution in [1.82, 2.24) is 0 Å². The Morgan fingerprint density at radius 2 is 2.21 bits per heavy atom. The molecule has 0 aliphatic carbocycles. The highest BCUT2D eigenvalue weighted by molar-refractivity contribution is 9.10. The van der Waals surface area contributed by atoms with Gasteiger partial charge in [-0.3, -0.25) is 0 Å². The third-order valence-electron chi connectivity index (χ3n) is 1.51. The predicted octanol–water partition coefficient (Wildman–Crippen LogP) is 4.28. The second-order valence-electron chi connectivity index (χ2n) is 2.75. The van der Waals surface area contributed by atoms with E-state index in [9.17, 15) is 0 Å². The lowest BCUT2D eigenvalue weighted by atomic mass is 10.3. The summed E-state index contributed by atoms with van der Waals surface area (Å²) < 4.78 is 6.33. The summed E-state index contributed by atoms with van der Waals surface area (Å²) in [5, 5.41) is 0.571. The first-order valence-corrected chi connectivity index (χ1v) is 5.64. The smallest absolute Gasteiger partial charge is 0.138 e. The Labute approximate surface area is 102 Å². The van der Waals surface area contributed by atoms with Crippen LogP contribution < -0.4 is 4.74 Å². The Hall–Kier alpha value is -0.180. The minimum atomic E-state index is 0.394. The maximum absolute atomic E-state index is 5.94. The van der Waals surface area contributed by atoms with Crippen LogP contribution in [-0.2, 0) is 0 Å². The Morgan fingerprint density at radius 1 is 1.50 bits per heavy atom. The van der Waals surface area contributed by atoms with Gasteiger partial charge in [-0.2, -0.15) is 0 Å². The fourth-order valence-corrected chi connectivity index (χ4v) is 1.62. The number of benzene rings is 1. The first kappa shape index (κ1) is 11.9. The van der Waals surface area contributed by atoms with Gasteiger partial charge >= 0.3 is 0 Å². The van der Waals surface area contributed by atoms with Crippen molar-refractivity contribution in [3.63, 3.8) is 0 Å². The van der Waals surface area contributed by atoms with E-state index in [4.69, 9.17) is 27.9 Å². The first-order valence-electron chi connectivity index (χ1n) is 3.94. The van der Waals surface area contributed by atoms with Crippen molar-refractivity contribution in [2.24, 2.45) is 0 Å². The standard InChI is InChI=1S/C10H9BrCl2O/c1-7(5-12)6-14-10-3-2-8(11)4-9(10)13/h2-4H,1,5-6H2. The van der Waals surface area contributed by atoms with Crippen LogP contribution in [0.15, 0.2) is 34.8 Å². The van der Waals surface area contributed by atoms with Gasteiger partial charge in [-0.15, -0.1) is 11.6 Å². The highest BCUT2D eigenvalue weighted by Crippen LogP contribution is 2.27. The average molecular weight is 296 g/mol. The van der Waals surface area contributed by atoms with E-state index >= 15 is 0 Å². The molecule has 1 aromatic carbocycles. The maximum Gasteiger partial charge on any atom is 0.138 e. The van der Waals surface area contributed by atoms with Crippen molar-refractivity contribution in [1.29, 1.82) is 0 Å². The zero-order valence-corrected chi connectivity index (χ0v) is 10.5. The monoisotopic (exact) mass is 294 g/mol. The normalized spacial score (nSPS) is 9.93. The largest absolute Gasteiger partial charge is 0.488 e. The minimum Gasteiger partial charge on any atom is -0.488 e. The van der Waals surface area contributed by atoms with Gasteiger partial charge in [-0.05, 0) is 23.8 Å². The van der Waals surface area contributed by atoms with Crippen molar-refractivity contribution in [3.8, 4) is 5.75 Å². The second kappa shape index (κ2) is 5.64. The summed E-state index contributed by atoms with van der Waals surface area (Å²) in [4.78, 5) is 0. The van der Waals surface area contributed by atoms with E-state index in [1.54, 1.807) is 12.1 Å². The topological polar surface area (TPSA) is 9.23 Å². The minimum absolute atomic E-state index is 0.394. The van der Waals surface area contributed by atoms with Crippen LogP contribution in [0.3, 0.4) is 0 Å². The summed E-state index contributed by atoms with van der Waals surface area (Å²) in [5.41, 5.74) is 0.825. The molecule has 0 saturated carbocycles. The van der Waals surface area contributed by atoms with Crippen molar-refractivity contribution in [2.45, 2.75) is 0 Å². The SMILES string of the molecule is C=C(CCl)COc1ccc(Br)cc1Cl. The average Bonchev–Trinajstić information content (AvgIpc) is 2.16. The highest BCUT2D eigenvalue weighted by atomic mass is 79.9. The van der Waals surface area contributed by atoms with Gasteiger partial charge in [0, 0.05) is 10.4 Å². The van der Waals surface area contributed by atoms with Crippen LogP contribution in [-0.4, -0.2) is 12.5 Å². The number of hydrogen-bond donors (Lipinski definition) is 0. The molecule has 0 spiro atoms. The van der Waals surface area contributed by atoms with Crippen molar-refractivity contribution in [2.75, 3.05) is 12.5 Å². The molecule has 1 rings (SSSR count). The molecule has 0 saturated heterocycles. The fourth-order valence-electron chi connectivity index (χ4n) is 0.811. The molecule has 14 heavy (non-hydrogen) atoms. The zero-order chi connectivity index (χ0) is 10.6. The Kier molecular flexibility index (Phi) is 4.79. The van der Waals surface area contributed by atoms with E-state index in [0.29, 0.717) is 23.3 Å². The summed E-state index contributed by atoms with van der Waals surface area (Å²) in [6, 6.07) is 5.44. The molecule has 0 heterocycles. The number of ether oxygens (including phenoxy) is 1. The molecule has 1 nitrogen and oxygen atoms in total. The molecule has 0 aliphatic rings. The van der Waals surface area contributed by atoms with Gasteiger partial charge in [-0.25, -0.2) is 0 Å². The van der Waals surface area contributed by atoms with E-state index in [-0.39, 0.29) is 0 Å². The summed E-state index contributed by atoms with van der Waals surface area (Å²) in [6.45, 7) is 4.12. The van der Waals surface area contributed by atoms with E-state index in [0.717, 1.165) is 10.0 Å². The molecular weight excluding hydrogens is 287 g/mol. The highest BCUT2D eigenvalue weighted by Gasteiger charge is 2.02. The lowest BCUT2D eigenvalue weighted by Gasteiger charge is -2.08. The first-order chi connectivity index (χ1) is 6.63. The van der Waals surface area contributed by atoms with Crippen LogP contribution in [0.2, 0.25) is 5.02 Å². The van der Waals surface area contributed by atoms with Crippen LogP contribution in [0.5, 0.6) is 5.75 Å². The van der Waals surface area contributed by atoms with Gasteiger partial charge < -0.3 is 4.74 Å². The van der Waals surface area contributed by atoms with Crippen LogP contribution in [0.25, 0.3) is 0 Å². The number of alkyl halides is 1. The molecule has 76 valence electrons. The van der Waals surface area contributed by atoms with Crippen molar-refractivity contribution < 1.29 is 4.74 Å².